The summed E-state index contributed by atoms with van der Waals surface area (Å²) in [5, 5.41) is 0. The molecule has 2 heterocycles. The molecular weight excluding hydrogens is 360 g/mol. The molecule has 0 bridgehead atoms. The second-order valence-corrected chi connectivity index (χ2v) is 7.49. The molecule has 2 aliphatic rings. The summed E-state index contributed by atoms with van der Waals surface area (Å²) in [6, 6.07) is 3.99. The van der Waals surface area contributed by atoms with E-state index in [9.17, 15) is 9.59 Å². The van der Waals surface area contributed by atoms with Crippen molar-refractivity contribution in [2.45, 2.75) is 32.7 Å². The fourth-order valence-electron chi connectivity index (χ4n) is 4.12. The van der Waals surface area contributed by atoms with Crippen molar-refractivity contribution in [3.8, 4) is 11.5 Å². The number of carbonyl (C=O) groups excluding carboxylic acids is 2. The van der Waals surface area contributed by atoms with E-state index in [0.29, 0.717) is 25.4 Å². The van der Waals surface area contributed by atoms with Crippen molar-refractivity contribution in [2.24, 2.45) is 5.92 Å². The Bertz CT molecular complexity index is 713. The van der Waals surface area contributed by atoms with Crippen LogP contribution in [0.1, 0.15) is 30.9 Å². The molecule has 0 radical (unpaired) electrons. The van der Waals surface area contributed by atoms with Gasteiger partial charge >= 0.3 is 5.97 Å². The first-order chi connectivity index (χ1) is 13.5. The van der Waals surface area contributed by atoms with Gasteiger partial charge in [-0.2, -0.15) is 0 Å². The number of ether oxygens (including phenoxy) is 3. The average Bonchev–Trinajstić information content (AvgIpc) is 2.72. The number of carbonyl (C=O) groups is 2. The molecule has 2 aliphatic heterocycles. The van der Waals surface area contributed by atoms with Crippen molar-refractivity contribution in [1.29, 1.82) is 0 Å². The van der Waals surface area contributed by atoms with Crippen molar-refractivity contribution in [1.82, 2.24) is 4.90 Å². The molecule has 0 spiro atoms. The lowest BCUT2D eigenvalue weighted by Crippen LogP contribution is -3.14. The number of methoxy groups -OCH3 is 2. The fraction of sp³-hybridized carbons (Fsp3) is 0.619. The first-order valence-corrected chi connectivity index (χ1v) is 10.1. The van der Waals surface area contributed by atoms with Gasteiger partial charge in [-0.25, -0.2) is 0 Å². The van der Waals surface area contributed by atoms with Crippen LogP contribution in [0.15, 0.2) is 12.1 Å². The highest BCUT2D eigenvalue weighted by atomic mass is 16.5. The molecule has 1 aromatic rings. The van der Waals surface area contributed by atoms with E-state index in [4.69, 9.17) is 14.2 Å². The minimum absolute atomic E-state index is 0.0110. The van der Waals surface area contributed by atoms with E-state index < -0.39 is 0 Å². The predicted molar refractivity (Wildman–Crippen MR) is 104 cm³/mol. The van der Waals surface area contributed by atoms with E-state index in [-0.39, 0.29) is 17.8 Å². The quantitative estimate of drug-likeness (QED) is 0.713. The van der Waals surface area contributed by atoms with Crippen LogP contribution < -0.4 is 14.4 Å². The third-order valence-corrected chi connectivity index (χ3v) is 5.78. The number of amides is 1. The van der Waals surface area contributed by atoms with Crippen LogP contribution in [-0.2, 0) is 27.3 Å². The smallest absolute Gasteiger partial charge is 0.309 e. The van der Waals surface area contributed by atoms with Crippen molar-refractivity contribution in [3.05, 3.63) is 23.3 Å². The molecule has 0 unspecified atom stereocenters. The van der Waals surface area contributed by atoms with Gasteiger partial charge in [0.05, 0.1) is 39.8 Å². The Labute approximate surface area is 166 Å². The largest absolute Gasteiger partial charge is 0.493 e. The number of esters is 1. The standard InChI is InChI=1S/C21H30N2O5/c1-4-28-21(25)15-5-8-22(9-6-15)14-20(24)23-10-7-16-11-18(26-2)19(27-3)12-17(16)13-23/h11-12,15H,4-10,13-14H2,1-3H3/p+1. The lowest BCUT2D eigenvalue weighted by atomic mass is 9.96. The second kappa shape index (κ2) is 9.28. The maximum Gasteiger partial charge on any atom is 0.309 e. The van der Waals surface area contributed by atoms with Crippen LogP contribution in [0.4, 0.5) is 0 Å². The van der Waals surface area contributed by atoms with Crippen molar-refractivity contribution >= 4 is 11.9 Å². The van der Waals surface area contributed by atoms with E-state index in [2.05, 4.69) is 0 Å². The molecule has 0 aliphatic carbocycles. The van der Waals surface area contributed by atoms with Gasteiger partial charge in [0, 0.05) is 25.9 Å². The maximum atomic E-state index is 12.8. The average molecular weight is 391 g/mol. The van der Waals surface area contributed by atoms with Crippen molar-refractivity contribution < 1.29 is 28.7 Å². The van der Waals surface area contributed by atoms with E-state index in [0.717, 1.165) is 50.2 Å². The number of quaternary nitrogens is 1. The summed E-state index contributed by atoms with van der Waals surface area (Å²) in [5.41, 5.74) is 2.33. The summed E-state index contributed by atoms with van der Waals surface area (Å²) >= 11 is 0. The summed E-state index contributed by atoms with van der Waals surface area (Å²) in [7, 11) is 3.26. The number of likely N-dealkylation sites (tertiary alicyclic amines) is 1. The first-order valence-electron chi connectivity index (χ1n) is 10.1. The van der Waals surface area contributed by atoms with Crippen LogP contribution in [0.5, 0.6) is 11.5 Å². The van der Waals surface area contributed by atoms with Crippen LogP contribution in [0.2, 0.25) is 0 Å². The van der Waals surface area contributed by atoms with Gasteiger partial charge < -0.3 is 24.0 Å². The Morgan fingerprint density at radius 2 is 1.75 bits per heavy atom. The molecule has 1 aromatic carbocycles. The third kappa shape index (κ3) is 4.58. The molecule has 0 saturated carbocycles. The Kier molecular flexibility index (Phi) is 6.78. The summed E-state index contributed by atoms with van der Waals surface area (Å²) < 4.78 is 15.9. The zero-order valence-corrected chi connectivity index (χ0v) is 17.1. The lowest BCUT2D eigenvalue weighted by molar-refractivity contribution is -0.898. The molecule has 1 N–H and O–H groups in total. The minimum Gasteiger partial charge on any atom is -0.493 e. The van der Waals surface area contributed by atoms with Gasteiger partial charge in [0.1, 0.15) is 0 Å². The Hall–Kier alpha value is -2.28. The van der Waals surface area contributed by atoms with Crippen LogP contribution >= 0.6 is 0 Å². The lowest BCUT2D eigenvalue weighted by Gasteiger charge is -2.32. The second-order valence-electron chi connectivity index (χ2n) is 7.49. The van der Waals surface area contributed by atoms with E-state index >= 15 is 0 Å². The topological polar surface area (TPSA) is 69.5 Å². The van der Waals surface area contributed by atoms with Crippen LogP contribution in [0.25, 0.3) is 0 Å². The summed E-state index contributed by atoms with van der Waals surface area (Å²) in [6.07, 6.45) is 2.41. The van der Waals surface area contributed by atoms with Gasteiger partial charge in [-0.1, -0.05) is 0 Å². The first kappa shape index (κ1) is 20.5. The van der Waals surface area contributed by atoms with Crippen molar-refractivity contribution in [2.75, 3.05) is 47.0 Å². The Balaban J connectivity index is 1.55. The number of nitrogens with zero attached hydrogens (tertiary/aromatic N) is 1. The molecule has 1 saturated heterocycles. The Morgan fingerprint density at radius 3 is 2.36 bits per heavy atom. The fourth-order valence-corrected chi connectivity index (χ4v) is 4.12. The normalized spacial score (nSPS) is 21.6. The van der Waals surface area contributed by atoms with Crippen LogP contribution in [-0.4, -0.2) is 63.8 Å². The monoisotopic (exact) mass is 391 g/mol. The van der Waals surface area contributed by atoms with Crippen LogP contribution in [0, 0.1) is 5.92 Å². The number of fused-ring (bicyclic) bond motifs is 1. The highest BCUT2D eigenvalue weighted by molar-refractivity contribution is 5.77. The molecule has 3 rings (SSSR count). The number of rotatable bonds is 6. The number of hydrogen-bond donors (Lipinski definition) is 1. The highest BCUT2D eigenvalue weighted by Crippen LogP contribution is 2.33. The maximum absolute atomic E-state index is 12.8. The van der Waals surface area contributed by atoms with E-state index in [1.54, 1.807) is 14.2 Å². The van der Waals surface area contributed by atoms with Gasteiger partial charge in [-0.05, 0) is 36.6 Å². The molecule has 0 atom stereocenters. The van der Waals surface area contributed by atoms with Gasteiger partial charge in [0.2, 0.25) is 0 Å². The Morgan fingerprint density at radius 1 is 1.11 bits per heavy atom. The van der Waals surface area contributed by atoms with Gasteiger partial charge in [0.15, 0.2) is 18.0 Å². The van der Waals surface area contributed by atoms with Crippen molar-refractivity contribution in [3.63, 3.8) is 0 Å². The summed E-state index contributed by atoms with van der Waals surface area (Å²) in [4.78, 5) is 27.9. The van der Waals surface area contributed by atoms with Gasteiger partial charge in [0.25, 0.3) is 5.91 Å². The number of benzene rings is 1. The van der Waals surface area contributed by atoms with Gasteiger partial charge in [-0.15, -0.1) is 0 Å². The third-order valence-electron chi connectivity index (χ3n) is 5.78. The summed E-state index contributed by atoms with van der Waals surface area (Å²) in [6.45, 7) is 5.75. The highest BCUT2D eigenvalue weighted by Gasteiger charge is 2.31. The molecule has 0 aromatic heterocycles. The van der Waals surface area contributed by atoms with Gasteiger partial charge in [-0.3, -0.25) is 9.59 Å². The minimum atomic E-state index is -0.0927. The molecule has 7 nitrogen and oxygen atoms in total. The zero-order valence-electron chi connectivity index (χ0n) is 17.1. The molecule has 7 heteroatoms. The van der Waals surface area contributed by atoms with E-state index in [1.807, 2.05) is 24.0 Å². The molecule has 1 fully saturated rings. The molecule has 28 heavy (non-hydrogen) atoms. The summed E-state index contributed by atoms with van der Waals surface area (Å²) in [5.74, 6) is 1.50. The predicted octanol–water partition coefficient (Wildman–Crippen LogP) is 0.447. The molecular formula is C21H31N2O5+. The SMILES string of the molecule is CCOC(=O)C1CC[NH+](CC(=O)N2CCc3cc(OC)c(OC)cc3C2)CC1. The molecule has 1 amide bonds. The molecule has 154 valence electrons. The number of piperidine rings is 1. The zero-order chi connectivity index (χ0) is 20.1. The number of hydrogen-bond acceptors (Lipinski definition) is 5. The van der Waals surface area contributed by atoms with Crippen LogP contribution in [0.3, 0.4) is 0 Å². The number of nitrogens with one attached hydrogen (secondary N) is 1. The van der Waals surface area contributed by atoms with E-state index in [1.165, 1.54) is 10.5 Å².